The van der Waals surface area contributed by atoms with E-state index in [1.807, 2.05) is 54.7 Å². The minimum atomic E-state index is -0.821. The van der Waals surface area contributed by atoms with Gasteiger partial charge in [0.2, 0.25) is 5.78 Å². The molecule has 0 aliphatic heterocycles. The van der Waals surface area contributed by atoms with Gasteiger partial charge >= 0.3 is 18.3 Å². The average Bonchev–Trinajstić information content (AvgIpc) is 3.58. The first-order chi connectivity index (χ1) is 21.8. The zero-order valence-corrected chi connectivity index (χ0v) is 25.4. The summed E-state index contributed by atoms with van der Waals surface area (Å²) in [5.41, 5.74) is 15.2. The summed E-state index contributed by atoms with van der Waals surface area (Å²) in [4.78, 5) is 44.2. The van der Waals surface area contributed by atoms with Gasteiger partial charge in [-0.2, -0.15) is 4.79 Å². The molecule has 0 fully saturated rings. The van der Waals surface area contributed by atoms with Gasteiger partial charge in [0.05, 0.1) is 6.10 Å². The first kappa shape index (κ1) is 31.4. The average molecular weight is 608 g/mol. The summed E-state index contributed by atoms with van der Waals surface area (Å²) >= 11 is 0. The van der Waals surface area contributed by atoms with Gasteiger partial charge in [0.25, 0.3) is 0 Å². The van der Waals surface area contributed by atoms with E-state index >= 15 is 0 Å². The number of aromatic nitrogens is 1. The Morgan fingerprint density at radius 3 is 2.33 bits per heavy atom. The van der Waals surface area contributed by atoms with Gasteiger partial charge in [-0.15, -0.1) is 0 Å². The lowest BCUT2D eigenvalue weighted by molar-refractivity contribution is -0.150. The summed E-state index contributed by atoms with van der Waals surface area (Å²) in [5, 5.41) is 7.23. The Kier molecular flexibility index (Phi) is 10.2. The number of ether oxygens (including phenoxy) is 2. The zero-order valence-electron chi connectivity index (χ0n) is 25.4. The molecule has 1 aliphatic carbocycles. The Hall–Kier alpha value is -5.05. The number of ketones is 1. The number of hydrogen-bond acceptors (Lipinski definition) is 6. The van der Waals surface area contributed by atoms with Crippen molar-refractivity contribution in [2.24, 2.45) is 0 Å². The van der Waals surface area contributed by atoms with Crippen LogP contribution in [0, 0.1) is 0 Å². The van der Waals surface area contributed by atoms with E-state index in [2.05, 4.69) is 44.7 Å². The number of nitrogens with one attached hydrogen (secondary N) is 3. The largest absolute Gasteiger partial charge is 0.462 e. The number of amides is 1. The summed E-state index contributed by atoms with van der Waals surface area (Å²) in [7, 11) is 0. The molecule has 0 saturated carbocycles. The Labute approximate surface area is 261 Å². The molecule has 0 saturated heterocycles. The normalized spacial score (nSPS) is 13.4. The standard InChI is InChI=1S/C35H37N5O5/c1-22(2)45-34(42)33(16-15-25(41)20-39-36)38-19-24(17-23-18-37-32-14-8-7-9-26(23)32)40-35(43)44-21-31-29-12-5-3-10-27(29)28-11-4-6-13-30(28)31/h3-14,18,20,22,24,31,33,37-38H,15-17,19,21H2,1-2H3,(H,40,43). The minimum Gasteiger partial charge on any atom is -0.462 e. The van der Waals surface area contributed by atoms with Gasteiger partial charge < -0.3 is 30.6 Å². The maximum atomic E-state index is 13.3. The highest BCUT2D eigenvalue weighted by Crippen LogP contribution is 2.44. The lowest BCUT2D eigenvalue weighted by Gasteiger charge is -2.24. The second-order valence-electron chi connectivity index (χ2n) is 11.4. The number of aromatic amines is 1. The third-order valence-electron chi connectivity index (χ3n) is 7.94. The lowest BCUT2D eigenvalue weighted by Crippen LogP contribution is -2.49. The lowest BCUT2D eigenvalue weighted by atomic mass is 9.98. The molecule has 10 nitrogen and oxygen atoms in total. The van der Waals surface area contributed by atoms with Crippen molar-refractivity contribution < 1.29 is 28.6 Å². The molecule has 10 heteroatoms. The van der Waals surface area contributed by atoms with Gasteiger partial charge in [-0.1, -0.05) is 66.7 Å². The van der Waals surface area contributed by atoms with Crippen LogP contribution in [0.25, 0.3) is 27.6 Å². The third kappa shape index (κ3) is 7.73. The predicted octanol–water partition coefficient (Wildman–Crippen LogP) is 5.18. The highest BCUT2D eigenvalue weighted by Gasteiger charge is 2.30. The maximum Gasteiger partial charge on any atom is 0.407 e. The number of H-pyrrole nitrogens is 1. The topological polar surface area (TPSA) is 146 Å². The fourth-order valence-corrected chi connectivity index (χ4v) is 5.86. The third-order valence-corrected chi connectivity index (χ3v) is 7.94. The summed E-state index contributed by atoms with van der Waals surface area (Å²) in [5.74, 6) is -1.01. The molecule has 1 aromatic heterocycles. The number of fused-ring (bicyclic) bond motifs is 4. The quantitative estimate of drug-likeness (QED) is 0.0780. The number of alkyl carbamates (subject to hydrolysis) is 1. The number of rotatable bonds is 14. The van der Waals surface area contributed by atoms with E-state index in [0.29, 0.717) is 6.42 Å². The summed E-state index contributed by atoms with van der Waals surface area (Å²) in [6.07, 6.45) is 2.35. The summed E-state index contributed by atoms with van der Waals surface area (Å²) in [6.45, 7) is 3.86. The Morgan fingerprint density at radius 2 is 1.64 bits per heavy atom. The Bertz CT molecular complexity index is 1680. The molecule has 45 heavy (non-hydrogen) atoms. The van der Waals surface area contributed by atoms with Crippen molar-refractivity contribution in [2.45, 2.75) is 57.2 Å². The monoisotopic (exact) mass is 607 g/mol. The highest BCUT2D eigenvalue weighted by atomic mass is 16.6. The van der Waals surface area contributed by atoms with E-state index in [1.54, 1.807) is 13.8 Å². The molecule has 232 valence electrons. The number of esters is 1. The van der Waals surface area contributed by atoms with Crippen LogP contribution in [0.1, 0.15) is 49.3 Å². The summed E-state index contributed by atoms with van der Waals surface area (Å²) in [6, 6.07) is 22.9. The second-order valence-corrected chi connectivity index (χ2v) is 11.4. The van der Waals surface area contributed by atoms with Crippen LogP contribution in [0.4, 0.5) is 4.79 Å². The van der Waals surface area contributed by atoms with Gasteiger partial charge in [0.1, 0.15) is 12.6 Å². The van der Waals surface area contributed by atoms with Crippen molar-refractivity contribution in [2.75, 3.05) is 13.2 Å². The molecule has 2 unspecified atom stereocenters. The molecule has 3 N–H and O–H groups in total. The Balaban J connectivity index is 1.30. The fourth-order valence-electron chi connectivity index (χ4n) is 5.86. The number of hydrogen-bond donors (Lipinski definition) is 3. The van der Waals surface area contributed by atoms with E-state index in [4.69, 9.17) is 15.0 Å². The van der Waals surface area contributed by atoms with Gasteiger partial charge in [-0.25, -0.2) is 4.79 Å². The highest BCUT2D eigenvalue weighted by molar-refractivity contribution is 6.25. The first-order valence-electron chi connectivity index (χ1n) is 15.1. The minimum absolute atomic E-state index is 0.0259. The first-order valence-corrected chi connectivity index (χ1v) is 15.1. The SMILES string of the molecule is CC(C)OC(=O)C(CCC(=O)C=[N+]=[N-])NCC(Cc1c[nH]c2ccccc12)NC(=O)OCC1c2ccccc2-c2ccccc21. The molecule has 1 amide bonds. The van der Waals surface area contributed by atoms with Crippen LogP contribution in [0.3, 0.4) is 0 Å². The van der Waals surface area contributed by atoms with Crippen LogP contribution in [0.2, 0.25) is 0 Å². The van der Waals surface area contributed by atoms with E-state index in [9.17, 15) is 14.4 Å². The van der Waals surface area contributed by atoms with Crippen molar-refractivity contribution in [3.63, 3.8) is 0 Å². The number of para-hydroxylation sites is 1. The number of nitrogens with zero attached hydrogens (tertiary/aromatic N) is 2. The molecule has 4 aromatic rings. The maximum absolute atomic E-state index is 13.3. The van der Waals surface area contributed by atoms with Crippen LogP contribution >= 0.6 is 0 Å². The number of benzene rings is 3. The number of Topliss-reactive ketones (excluding diaryl/α,β-unsaturated/α-hetero) is 1. The second kappa shape index (κ2) is 14.6. The predicted molar refractivity (Wildman–Crippen MR) is 171 cm³/mol. The molecule has 1 heterocycles. The van der Waals surface area contributed by atoms with Crippen LogP contribution in [-0.4, -0.2) is 65.2 Å². The van der Waals surface area contributed by atoms with Gasteiger partial charge in [0, 0.05) is 42.0 Å². The molecule has 5 rings (SSSR count). The van der Waals surface area contributed by atoms with Crippen molar-refractivity contribution in [3.8, 4) is 11.1 Å². The molecular weight excluding hydrogens is 570 g/mol. The molecule has 0 bridgehead atoms. The van der Waals surface area contributed by atoms with Crippen molar-refractivity contribution in [1.29, 1.82) is 0 Å². The molecule has 2 atom stereocenters. The van der Waals surface area contributed by atoms with Gasteiger partial charge in [0.15, 0.2) is 0 Å². The van der Waals surface area contributed by atoms with Crippen molar-refractivity contribution in [1.82, 2.24) is 15.6 Å². The van der Waals surface area contributed by atoms with Crippen LogP contribution < -0.4 is 10.6 Å². The van der Waals surface area contributed by atoms with Crippen molar-refractivity contribution in [3.05, 3.63) is 101 Å². The Morgan fingerprint density at radius 1 is 0.978 bits per heavy atom. The molecular formula is C35H37N5O5. The van der Waals surface area contributed by atoms with Crippen molar-refractivity contribution >= 4 is 35.0 Å². The summed E-state index contributed by atoms with van der Waals surface area (Å²) < 4.78 is 11.3. The van der Waals surface area contributed by atoms with Crippen LogP contribution in [0.5, 0.6) is 0 Å². The molecule has 1 aliphatic rings. The molecule has 0 radical (unpaired) electrons. The number of carbonyl (C=O) groups is 3. The van der Waals surface area contributed by atoms with Crippen LogP contribution in [-0.2, 0) is 25.5 Å². The van der Waals surface area contributed by atoms with E-state index in [1.165, 1.54) is 0 Å². The van der Waals surface area contributed by atoms with E-state index in [0.717, 1.165) is 44.9 Å². The number of carbonyl (C=O) groups excluding carboxylic acids is 3. The molecule has 0 spiro atoms. The zero-order chi connectivity index (χ0) is 31.8. The fraction of sp³-hybridized carbons (Fsp3) is 0.314. The smallest absolute Gasteiger partial charge is 0.407 e. The van der Waals surface area contributed by atoms with Gasteiger partial charge in [-0.05, 0) is 60.6 Å². The van der Waals surface area contributed by atoms with E-state index < -0.39 is 29.9 Å². The van der Waals surface area contributed by atoms with E-state index in [-0.39, 0.29) is 38.0 Å². The van der Waals surface area contributed by atoms with Gasteiger partial charge in [-0.3, -0.25) is 9.59 Å². The van der Waals surface area contributed by atoms with Crippen LogP contribution in [0.15, 0.2) is 79.0 Å². The molecule has 3 aromatic carbocycles.